The van der Waals surface area contributed by atoms with Crippen molar-refractivity contribution in [1.82, 2.24) is 0 Å². The molecule has 110 valence electrons. The molecule has 0 aliphatic carbocycles. The van der Waals surface area contributed by atoms with Gasteiger partial charge in [0.1, 0.15) is 0 Å². The molecule has 0 radical (unpaired) electrons. The van der Waals surface area contributed by atoms with Crippen molar-refractivity contribution < 1.29 is 18.8 Å². The second kappa shape index (κ2) is 5.50. The highest BCUT2D eigenvalue weighted by Crippen LogP contribution is 2.29. The summed E-state index contributed by atoms with van der Waals surface area (Å²) in [6, 6.07) is 7.58. The van der Waals surface area contributed by atoms with E-state index >= 15 is 0 Å². The van der Waals surface area contributed by atoms with E-state index in [0.29, 0.717) is 11.4 Å². The Morgan fingerprint density at radius 1 is 1.14 bits per heavy atom. The van der Waals surface area contributed by atoms with E-state index in [-0.39, 0.29) is 10.8 Å². The summed E-state index contributed by atoms with van der Waals surface area (Å²) in [4.78, 5) is 36.1. The number of hydrogen-bond acceptors (Lipinski definition) is 4. The van der Waals surface area contributed by atoms with Gasteiger partial charge in [0.25, 0.3) is 17.7 Å². The summed E-state index contributed by atoms with van der Waals surface area (Å²) in [7, 11) is 0. The second-order valence-corrected chi connectivity index (χ2v) is 4.85. The summed E-state index contributed by atoms with van der Waals surface area (Å²) >= 11 is 6.09. The van der Waals surface area contributed by atoms with Crippen LogP contribution in [-0.4, -0.2) is 17.7 Å². The summed E-state index contributed by atoms with van der Waals surface area (Å²) in [5.74, 6) is -1.18. The topological polar surface area (TPSA) is 79.6 Å². The van der Waals surface area contributed by atoms with E-state index < -0.39 is 17.7 Å². The lowest BCUT2D eigenvalue weighted by atomic mass is 10.2. The highest BCUT2D eigenvalue weighted by Gasteiger charge is 2.25. The molecule has 3 rings (SSSR count). The minimum Gasteiger partial charge on any atom is -0.459 e. The summed E-state index contributed by atoms with van der Waals surface area (Å²) in [5.41, 5.74) is 0.680. The van der Waals surface area contributed by atoms with Crippen LogP contribution < -0.4 is 10.2 Å². The number of amides is 3. The van der Waals surface area contributed by atoms with Crippen molar-refractivity contribution in [3.63, 3.8) is 0 Å². The van der Waals surface area contributed by atoms with E-state index in [0.717, 1.165) is 4.90 Å². The van der Waals surface area contributed by atoms with Crippen molar-refractivity contribution in [1.29, 1.82) is 0 Å². The predicted molar refractivity (Wildman–Crippen MR) is 79.7 cm³/mol. The molecular formula is C15H9ClN2O4. The summed E-state index contributed by atoms with van der Waals surface area (Å²) < 4.78 is 4.98. The van der Waals surface area contributed by atoms with Crippen LogP contribution in [0, 0.1) is 0 Å². The van der Waals surface area contributed by atoms with Crippen molar-refractivity contribution in [2.45, 2.75) is 0 Å². The first kappa shape index (κ1) is 14.1. The molecule has 2 heterocycles. The zero-order valence-electron chi connectivity index (χ0n) is 11.1. The van der Waals surface area contributed by atoms with Crippen molar-refractivity contribution in [3.05, 3.63) is 59.5 Å². The first-order valence-corrected chi connectivity index (χ1v) is 6.64. The van der Waals surface area contributed by atoms with Gasteiger partial charge in [-0.15, -0.1) is 0 Å². The molecule has 1 aromatic heterocycles. The number of imide groups is 1. The molecule has 7 heteroatoms. The highest BCUT2D eigenvalue weighted by atomic mass is 35.5. The third-order valence-electron chi connectivity index (χ3n) is 3.01. The Morgan fingerprint density at radius 2 is 1.86 bits per heavy atom. The molecule has 22 heavy (non-hydrogen) atoms. The Bertz CT molecular complexity index is 778. The van der Waals surface area contributed by atoms with E-state index in [1.54, 1.807) is 6.07 Å². The third-order valence-corrected chi connectivity index (χ3v) is 3.33. The smallest absolute Gasteiger partial charge is 0.291 e. The van der Waals surface area contributed by atoms with Crippen LogP contribution in [-0.2, 0) is 9.59 Å². The summed E-state index contributed by atoms with van der Waals surface area (Å²) in [5, 5.41) is 2.78. The number of nitrogens with zero attached hydrogens (tertiary/aromatic N) is 1. The van der Waals surface area contributed by atoms with Crippen molar-refractivity contribution >= 4 is 40.7 Å². The molecular weight excluding hydrogens is 308 g/mol. The van der Waals surface area contributed by atoms with Gasteiger partial charge >= 0.3 is 0 Å². The van der Waals surface area contributed by atoms with Gasteiger partial charge in [0.2, 0.25) is 0 Å². The van der Waals surface area contributed by atoms with Crippen molar-refractivity contribution in [2.75, 3.05) is 10.2 Å². The van der Waals surface area contributed by atoms with E-state index in [1.165, 1.54) is 42.7 Å². The number of anilines is 2. The largest absolute Gasteiger partial charge is 0.459 e. The molecule has 2 aromatic rings. The SMILES string of the molecule is O=C(Nc1ccc(N2C(=O)C=CC2=O)cc1Cl)c1ccco1. The molecule has 3 amide bonds. The van der Waals surface area contributed by atoms with Gasteiger partial charge in [-0.1, -0.05) is 11.6 Å². The summed E-state index contributed by atoms with van der Waals surface area (Å²) in [6.07, 6.45) is 3.75. The average molecular weight is 317 g/mol. The summed E-state index contributed by atoms with van der Waals surface area (Å²) in [6.45, 7) is 0. The van der Waals surface area contributed by atoms with Crippen LogP contribution in [0.25, 0.3) is 0 Å². The lowest BCUT2D eigenvalue weighted by Gasteiger charge is -2.15. The molecule has 0 fully saturated rings. The van der Waals surface area contributed by atoms with Crippen molar-refractivity contribution in [2.24, 2.45) is 0 Å². The maximum Gasteiger partial charge on any atom is 0.291 e. The van der Waals surface area contributed by atoms with Gasteiger partial charge < -0.3 is 9.73 Å². The molecule has 1 aliphatic heterocycles. The van der Waals surface area contributed by atoms with Crippen LogP contribution in [0.3, 0.4) is 0 Å². The van der Waals surface area contributed by atoms with E-state index in [2.05, 4.69) is 5.32 Å². The van der Waals surface area contributed by atoms with Crippen LogP contribution >= 0.6 is 11.6 Å². The number of benzene rings is 1. The van der Waals surface area contributed by atoms with Crippen LogP contribution in [0.4, 0.5) is 11.4 Å². The monoisotopic (exact) mass is 316 g/mol. The Balaban J connectivity index is 1.82. The fourth-order valence-electron chi connectivity index (χ4n) is 1.99. The number of halogens is 1. The van der Waals surface area contributed by atoms with Crippen LogP contribution in [0.15, 0.2) is 53.2 Å². The Kier molecular flexibility index (Phi) is 3.52. The quantitative estimate of drug-likeness (QED) is 0.883. The lowest BCUT2D eigenvalue weighted by molar-refractivity contribution is -0.119. The number of furan rings is 1. The molecule has 0 atom stereocenters. The molecule has 1 N–H and O–H groups in total. The molecule has 0 bridgehead atoms. The van der Waals surface area contributed by atoms with Gasteiger partial charge in [-0.2, -0.15) is 0 Å². The number of carbonyl (C=O) groups is 3. The minimum atomic E-state index is -0.449. The van der Waals surface area contributed by atoms with Crippen LogP contribution in [0.5, 0.6) is 0 Å². The van der Waals surface area contributed by atoms with Gasteiger partial charge in [0.05, 0.1) is 22.7 Å². The minimum absolute atomic E-state index is 0.147. The maximum atomic E-state index is 11.9. The maximum absolute atomic E-state index is 11.9. The molecule has 0 unspecified atom stereocenters. The molecule has 1 aromatic carbocycles. The number of nitrogens with one attached hydrogen (secondary N) is 1. The Hall–Kier alpha value is -2.86. The van der Waals surface area contributed by atoms with E-state index in [1.807, 2.05) is 0 Å². The molecule has 1 aliphatic rings. The molecule has 0 saturated heterocycles. The fraction of sp³-hybridized carbons (Fsp3) is 0. The molecule has 0 spiro atoms. The van der Waals surface area contributed by atoms with Crippen LogP contribution in [0.2, 0.25) is 5.02 Å². The first-order valence-electron chi connectivity index (χ1n) is 6.27. The molecule has 0 saturated carbocycles. The number of carbonyl (C=O) groups excluding carboxylic acids is 3. The number of hydrogen-bond donors (Lipinski definition) is 1. The average Bonchev–Trinajstić information content (AvgIpc) is 3.12. The zero-order chi connectivity index (χ0) is 15.7. The van der Waals surface area contributed by atoms with Crippen molar-refractivity contribution in [3.8, 4) is 0 Å². The Morgan fingerprint density at radius 3 is 2.45 bits per heavy atom. The van der Waals surface area contributed by atoms with Gasteiger partial charge in [-0.05, 0) is 30.3 Å². The fourth-order valence-corrected chi connectivity index (χ4v) is 2.21. The van der Waals surface area contributed by atoms with E-state index in [4.69, 9.17) is 16.0 Å². The normalized spacial score (nSPS) is 13.8. The van der Waals surface area contributed by atoms with Crippen LogP contribution in [0.1, 0.15) is 10.6 Å². The van der Waals surface area contributed by atoms with Gasteiger partial charge in [-0.3, -0.25) is 14.4 Å². The molecule has 6 nitrogen and oxygen atoms in total. The highest BCUT2D eigenvalue weighted by molar-refractivity contribution is 6.35. The van der Waals surface area contributed by atoms with Gasteiger partial charge in [0, 0.05) is 12.2 Å². The second-order valence-electron chi connectivity index (χ2n) is 4.44. The Labute approximate surface area is 130 Å². The van der Waals surface area contributed by atoms with Gasteiger partial charge in [-0.25, -0.2) is 4.90 Å². The first-order chi connectivity index (χ1) is 10.6. The number of rotatable bonds is 3. The zero-order valence-corrected chi connectivity index (χ0v) is 11.8. The van der Waals surface area contributed by atoms with Gasteiger partial charge in [0.15, 0.2) is 5.76 Å². The van der Waals surface area contributed by atoms with E-state index in [9.17, 15) is 14.4 Å². The lowest BCUT2D eigenvalue weighted by Crippen LogP contribution is -2.29. The third kappa shape index (κ3) is 2.51. The standard InChI is InChI=1S/C15H9ClN2O4/c16-10-8-9(18-13(19)5-6-14(18)20)3-4-11(10)17-15(21)12-2-1-7-22-12/h1-8H,(H,17,21). The predicted octanol–water partition coefficient (Wildman–Crippen LogP) is 2.61.